The minimum atomic E-state index is -4.42. The van der Waals surface area contributed by atoms with Crippen molar-refractivity contribution in [2.75, 3.05) is 13.1 Å². The maximum atomic E-state index is 13.0. The molecule has 1 amide bonds. The molecule has 1 heterocycles. The number of benzene rings is 2. The molecule has 30 heavy (non-hydrogen) atoms. The third-order valence-corrected chi connectivity index (χ3v) is 4.88. The number of hydrogen-bond donors (Lipinski definition) is 0. The van der Waals surface area contributed by atoms with Gasteiger partial charge in [-0.15, -0.1) is 0 Å². The second kappa shape index (κ2) is 9.61. The fourth-order valence-corrected chi connectivity index (χ4v) is 3.27. The third kappa shape index (κ3) is 5.72. The number of amides is 1. The summed E-state index contributed by atoms with van der Waals surface area (Å²) in [5, 5.41) is 0. The molecule has 2 aromatic rings. The summed E-state index contributed by atoms with van der Waals surface area (Å²) in [7, 11) is 0. The predicted octanol–water partition coefficient (Wildman–Crippen LogP) is 5.02. The molecule has 1 atom stereocenters. The molecule has 0 saturated carbocycles. The van der Waals surface area contributed by atoms with E-state index in [1.807, 2.05) is 0 Å². The summed E-state index contributed by atoms with van der Waals surface area (Å²) in [6, 6.07) is 13.2. The summed E-state index contributed by atoms with van der Waals surface area (Å²) >= 11 is 0. The van der Waals surface area contributed by atoms with Crippen molar-refractivity contribution >= 4 is 18.0 Å². The van der Waals surface area contributed by atoms with E-state index < -0.39 is 23.8 Å². The van der Waals surface area contributed by atoms with Crippen LogP contribution in [0.15, 0.2) is 60.7 Å². The van der Waals surface area contributed by atoms with Crippen LogP contribution in [0.1, 0.15) is 42.1 Å². The van der Waals surface area contributed by atoms with Crippen LogP contribution in [0.4, 0.5) is 13.2 Å². The van der Waals surface area contributed by atoms with E-state index in [4.69, 9.17) is 4.74 Å². The lowest BCUT2D eigenvalue weighted by molar-refractivity contribution is -0.157. The van der Waals surface area contributed by atoms with Crippen molar-refractivity contribution in [2.45, 2.75) is 31.5 Å². The number of alkyl halides is 3. The summed E-state index contributed by atoms with van der Waals surface area (Å²) in [4.78, 5) is 27.0. The Morgan fingerprint density at radius 1 is 0.933 bits per heavy atom. The van der Waals surface area contributed by atoms with Crippen molar-refractivity contribution in [1.82, 2.24) is 4.90 Å². The van der Waals surface area contributed by atoms with Crippen LogP contribution in [0.2, 0.25) is 0 Å². The van der Waals surface area contributed by atoms with Gasteiger partial charge in [0.05, 0.1) is 5.56 Å². The molecule has 1 aliphatic rings. The monoisotopic (exact) mass is 417 g/mol. The summed E-state index contributed by atoms with van der Waals surface area (Å²) in [6.07, 6.45) is -0.120. The summed E-state index contributed by atoms with van der Waals surface area (Å²) in [5.41, 5.74) is 0.224. The van der Waals surface area contributed by atoms with Gasteiger partial charge in [0.2, 0.25) is 6.10 Å². The summed E-state index contributed by atoms with van der Waals surface area (Å²) in [6.45, 7) is 1.25. The van der Waals surface area contributed by atoms with Gasteiger partial charge in [0, 0.05) is 24.7 Å². The molecule has 7 heteroatoms. The van der Waals surface area contributed by atoms with Crippen molar-refractivity contribution in [3.8, 4) is 0 Å². The number of hydrogen-bond acceptors (Lipinski definition) is 3. The fraction of sp³-hybridized carbons (Fsp3) is 0.304. The zero-order valence-corrected chi connectivity index (χ0v) is 16.3. The fourth-order valence-electron chi connectivity index (χ4n) is 3.27. The topological polar surface area (TPSA) is 46.6 Å². The van der Waals surface area contributed by atoms with Crippen LogP contribution in [0.5, 0.6) is 0 Å². The van der Waals surface area contributed by atoms with Gasteiger partial charge in [-0.25, -0.2) is 4.79 Å². The van der Waals surface area contributed by atoms with E-state index in [1.54, 1.807) is 35.2 Å². The zero-order chi connectivity index (χ0) is 21.6. The molecule has 158 valence electrons. The van der Waals surface area contributed by atoms with Crippen molar-refractivity contribution in [2.24, 2.45) is 0 Å². The van der Waals surface area contributed by atoms with E-state index in [2.05, 4.69) is 0 Å². The highest BCUT2D eigenvalue weighted by atomic mass is 19.4. The molecule has 1 saturated heterocycles. The SMILES string of the molecule is O=C(/C=C/c1ccc(C(F)(F)F)cc1)O[C@H](C(=O)N1CCCCC1)c1ccccc1. The van der Waals surface area contributed by atoms with Gasteiger partial charge >= 0.3 is 12.1 Å². The van der Waals surface area contributed by atoms with Crippen LogP contribution < -0.4 is 0 Å². The first-order valence-corrected chi connectivity index (χ1v) is 9.74. The van der Waals surface area contributed by atoms with Gasteiger partial charge in [0.15, 0.2) is 0 Å². The second-order valence-corrected chi connectivity index (χ2v) is 7.07. The minimum absolute atomic E-state index is 0.266. The standard InChI is InChI=1S/C23H22F3NO3/c24-23(25,26)19-12-9-17(10-13-19)11-14-20(28)30-21(18-7-3-1-4-8-18)22(29)27-15-5-2-6-16-27/h1,3-4,7-14,21H,2,5-6,15-16H2/b14-11+/t21-/m0/s1. The number of esters is 1. The number of carbonyl (C=O) groups is 2. The summed E-state index contributed by atoms with van der Waals surface area (Å²) < 4.78 is 43.4. The Morgan fingerprint density at radius 3 is 2.17 bits per heavy atom. The molecule has 1 aliphatic heterocycles. The first-order chi connectivity index (χ1) is 14.3. The van der Waals surface area contributed by atoms with E-state index in [0.29, 0.717) is 24.2 Å². The van der Waals surface area contributed by atoms with Crippen LogP contribution in [0.3, 0.4) is 0 Å². The van der Waals surface area contributed by atoms with Gasteiger partial charge < -0.3 is 9.64 Å². The van der Waals surface area contributed by atoms with Gasteiger partial charge in [-0.2, -0.15) is 13.2 Å². The largest absolute Gasteiger partial charge is 0.444 e. The number of likely N-dealkylation sites (tertiary alicyclic amines) is 1. The van der Waals surface area contributed by atoms with Gasteiger partial charge in [-0.1, -0.05) is 42.5 Å². The number of rotatable bonds is 5. The van der Waals surface area contributed by atoms with Crippen LogP contribution in [0.25, 0.3) is 6.08 Å². The number of piperidine rings is 1. The average molecular weight is 417 g/mol. The highest BCUT2D eigenvalue weighted by Gasteiger charge is 2.30. The van der Waals surface area contributed by atoms with E-state index in [9.17, 15) is 22.8 Å². The maximum Gasteiger partial charge on any atom is 0.416 e. The van der Waals surface area contributed by atoms with E-state index in [0.717, 1.165) is 37.5 Å². The molecule has 0 aromatic heterocycles. The average Bonchev–Trinajstić information content (AvgIpc) is 2.76. The first kappa shape index (κ1) is 21.6. The molecular weight excluding hydrogens is 395 g/mol. The number of ether oxygens (including phenoxy) is 1. The molecule has 2 aromatic carbocycles. The predicted molar refractivity (Wildman–Crippen MR) is 106 cm³/mol. The Labute approximate surface area is 173 Å². The van der Waals surface area contributed by atoms with Crippen molar-refractivity contribution in [3.05, 3.63) is 77.4 Å². The Balaban J connectivity index is 1.71. The molecule has 1 fully saturated rings. The first-order valence-electron chi connectivity index (χ1n) is 9.74. The van der Waals surface area contributed by atoms with Crippen LogP contribution in [-0.4, -0.2) is 29.9 Å². The van der Waals surface area contributed by atoms with Crippen molar-refractivity contribution in [1.29, 1.82) is 0 Å². The smallest absolute Gasteiger partial charge is 0.416 e. The molecule has 0 N–H and O–H groups in total. The van der Waals surface area contributed by atoms with Crippen LogP contribution in [-0.2, 0) is 20.5 Å². The lowest BCUT2D eigenvalue weighted by Gasteiger charge is -2.30. The number of halogens is 3. The molecule has 0 bridgehead atoms. The minimum Gasteiger partial charge on any atom is -0.444 e. The Kier molecular flexibility index (Phi) is 6.92. The molecule has 0 radical (unpaired) electrons. The quantitative estimate of drug-likeness (QED) is 0.507. The van der Waals surface area contributed by atoms with E-state index in [1.165, 1.54) is 18.2 Å². The zero-order valence-electron chi connectivity index (χ0n) is 16.3. The third-order valence-electron chi connectivity index (χ3n) is 4.88. The molecule has 0 unspecified atom stereocenters. The normalized spacial score (nSPS) is 15.8. The highest BCUT2D eigenvalue weighted by Crippen LogP contribution is 2.29. The number of carbonyl (C=O) groups excluding carboxylic acids is 2. The lowest BCUT2D eigenvalue weighted by Crippen LogP contribution is -2.40. The van der Waals surface area contributed by atoms with Gasteiger partial charge in [0.25, 0.3) is 5.91 Å². The maximum absolute atomic E-state index is 13.0. The van der Waals surface area contributed by atoms with Gasteiger partial charge in [-0.3, -0.25) is 4.79 Å². The Hall–Kier alpha value is -3.09. The van der Waals surface area contributed by atoms with E-state index in [-0.39, 0.29) is 5.91 Å². The van der Waals surface area contributed by atoms with Crippen LogP contribution >= 0.6 is 0 Å². The number of nitrogens with zero attached hydrogens (tertiary/aromatic N) is 1. The Bertz CT molecular complexity index is 886. The molecule has 0 spiro atoms. The highest BCUT2D eigenvalue weighted by molar-refractivity contribution is 5.91. The van der Waals surface area contributed by atoms with Crippen molar-refractivity contribution in [3.63, 3.8) is 0 Å². The Morgan fingerprint density at radius 2 is 1.57 bits per heavy atom. The summed E-state index contributed by atoms with van der Waals surface area (Å²) in [5.74, 6) is -1.01. The molecule has 3 rings (SSSR count). The van der Waals surface area contributed by atoms with Gasteiger partial charge in [0.1, 0.15) is 0 Å². The second-order valence-electron chi connectivity index (χ2n) is 7.07. The van der Waals surface area contributed by atoms with Gasteiger partial charge in [-0.05, 0) is 43.0 Å². The molecular formula is C23H22F3NO3. The molecule has 0 aliphatic carbocycles. The lowest BCUT2D eigenvalue weighted by atomic mass is 10.1. The van der Waals surface area contributed by atoms with Crippen molar-refractivity contribution < 1.29 is 27.5 Å². The van der Waals surface area contributed by atoms with Crippen LogP contribution in [0, 0.1) is 0 Å². The molecule has 4 nitrogen and oxygen atoms in total. The van der Waals surface area contributed by atoms with E-state index >= 15 is 0 Å².